The molecule has 2 aromatic rings. The summed E-state index contributed by atoms with van der Waals surface area (Å²) in [5, 5.41) is 0.431. The van der Waals surface area contributed by atoms with Crippen LogP contribution in [-0.2, 0) is 9.84 Å². The molecule has 2 aromatic carbocycles. The summed E-state index contributed by atoms with van der Waals surface area (Å²) in [5.74, 6) is -0.612. The molecule has 0 saturated carbocycles. The quantitative estimate of drug-likeness (QED) is 0.848. The van der Waals surface area contributed by atoms with Crippen molar-refractivity contribution in [2.24, 2.45) is 0 Å². The molecule has 1 unspecified atom stereocenters. The first-order chi connectivity index (χ1) is 10.9. The van der Waals surface area contributed by atoms with E-state index in [1.807, 2.05) is 0 Å². The first kappa shape index (κ1) is 15.9. The molecular weight excluding hydrogens is 317 g/mol. The molecule has 1 heterocycles. The van der Waals surface area contributed by atoms with Gasteiger partial charge in [0.1, 0.15) is 5.82 Å². The van der Waals surface area contributed by atoms with Crippen LogP contribution < -0.4 is 0 Å². The molecular formula is C17H18FNO3S. The van der Waals surface area contributed by atoms with Gasteiger partial charge in [-0.25, -0.2) is 12.8 Å². The number of nitrogens with zero attached hydrogens (tertiary/aromatic N) is 1. The Morgan fingerprint density at radius 1 is 1.17 bits per heavy atom. The zero-order chi connectivity index (χ0) is 16.6. The summed E-state index contributed by atoms with van der Waals surface area (Å²) in [6.07, 6.45) is 2.44. The molecule has 6 heteroatoms. The third-order valence-corrected chi connectivity index (χ3v) is 5.97. The maximum atomic E-state index is 13.9. The van der Waals surface area contributed by atoms with Crippen LogP contribution in [0.5, 0.6) is 0 Å². The number of amides is 1. The van der Waals surface area contributed by atoms with Gasteiger partial charge >= 0.3 is 0 Å². The first-order valence-electron chi connectivity index (χ1n) is 7.53. The van der Waals surface area contributed by atoms with Gasteiger partial charge in [0.15, 0.2) is 9.84 Å². The number of halogens is 1. The second-order valence-corrected chi connectivity index (χ2v) is 8.31. The average molecular weight is 335 g/mol. The monoisotopic (exact) mass is 335 g/mol. The zero-order valence-electron chi connectivity index (χ0n) is 12.8. The summed E-state index contributed by atoms with van der Waals surface area (Å²) in [6, 6.07) is 9.59. The lowest BCUT2D eigenvalue weighted by Gasteiger charge is -2.32. The molecule has 4 nitrogen and oxygen atoms in total. The van der Waals surface area contributed by atoms with Crippen molar-refractivity contribution in [3.05, 3.63) is 47.8 Å². The van der Waals surface area contributed by atoms with E-state index in [1.54, 1.807) is 29.2 Å². The molecule has 0 aromatic heterocycles. The molecule has 122 valence electrons. The number of likely N-dealkylation sites (tertiary alicyclic amines) is 1. The van der Waals surface area contributed by atoms with E-state index in [9.17, 15) is 17.6 Å². The Hall–Kier alpha value is -1.95. The maximum absolute atomic E-state index is 13.9. The van der Waals surface area contributed by atoms with Crippen molar-refractivity contribution in [1.29, 1.82) is 0 Å². The van der Waals surface area contributed by atoms with E-state index in [1.165, 1.54) is 18.4 Å². The van der Waals surface area contributed by atoms with Crippen LogP contribution in [0, 0.1) is 5.82 Å². The molecule has 0 spiro atoms. The highest BCUT2D eigenvalue weighted by Gasteiger charge is 2.30. The predicted molar refractivity (Wildman–Crippen MR) is 87.7 cm³/mol. The van der Waals surface area contributed by atoms with Gasteiger partial charge in [0.2, 0.25) is 0 Å². The minimum atomic E-state index is -3.18. The molecule has 1 aliphatic heterocycles. The number of rotatable bonds is 2. The van der Waals surface area contributed by atoms with Crippen LogP contribution in [0.15, 0.2) is 36.4 Å². The van der Waals surface area contributed by atoms with Gasteiger partial charge < -0.3 is 4.90 Å². The van der Waals surface area contributed by atoms with Gasteiger partial charge in [-0.05, 0) is 30.4 Å². The number of fused-ring (bicyclic) bond motifs is 1. The van der Waals surface area contributed by atoms with Crippen molar-refractivity contribution in [3.63, 3.8) is 0 Å². The lowest BCUT2D eigenvalue weighted by atomic mass is 10.0. The number of carbonyl (C=O) groups excluding carboxylic acids is 1. The Kier molecular flexibility index (Phi) is 4.10. The Morgan fingerprint density at radius 3 is 2.57 bits per heavy atom. The number of carbonyl (C=O) groups is 1. The summed E-state index contributed by atoms with van der Waals surface area (Å²) in [7, 11) is -3.18. The zero-order valence-corrected chi connectivity index (χ0v) is 13.6. The standard InChI is InChI=1S/C17H18FNO3S/c1-23(21,22)12-5-4-10-19(11-12)17(20)15-8-9-16(18)14-7-3-2-6-13(14)15/h2-3,6-9,12H,4-5,10-11H2,1H3. The van der Waals surface area contributed by atoms with E-state index in [-0.39, 0.29) is 18.3 Å². The van der Waals surface area contributed by atoms with Crippen molar-refractivity contribution in [3.8, 4) is 0 Å². The van der Waals surface area contributed by atoms with Crippen LogP contribution in [0.3, 0.4) is 0 Å². The van der Waals surface area contributed by atoms with Crippen LogP contribution in [0.25, 0.3) is 10.8 Å². The van der Waals surface area contributed by atoms with Gasteiger partial charge in [-0.1, -0.05) is 24.3 Å². The van der Waals surface area contributed by atoms with Crippen LogP contribution in [0.1, 0.15) is 23.2 Å². The van der Waals surface area contributed by atoms with E-state index in [2.05, 4.69) is 0 Å². The third kappa shape index (κ3) is 3.08. The van der Waals surface area contributed by atoms with E-state index in [0.29, 0.717) is 35.7 Å². The van der Waals surface area contributed by atoms with Crippen LogP contribution in [0.2, 0.25) is 0 Å². The smallest absolute Gasteiger partial charge is 0.254 e. The van der Waals surface area contributed by atoms with E-state index >= 15 is 0 Å². The van der Waals surface area contributed by atoms with E-state index in [4.69, 9.17) is 0 Å². The summed E-state index contributed by atoms with van der Waals surface area (Å²) in [6.45, 7) is 0.722. The van der Waals surface area contributed by atoms with Gasteiger partial charge in [0.05, 0.1) is 5.25 Å². The second kappa shape index (κ2) is 5.92. The van der Waals surface area contributed by atoms with E-state index < -0.39 is 15.1 Å². The number of hydrogen-bond acceptors (Lipinski definition) is 3. The van der Waals surface area contributed by atoms with Gasteiger partial charge in [-0.3, -0.25) is 4.79 Å². The molecule has 0 bridgehead atoms. The lowest BCUT2D eigenvalue weighted by Crippen LogP contribution is -2.45. The van der Waals surface area contributed by atoms with Gasteiger partial charge in [0.25, 0.3) is 5.91 Å². The van der Waals surface area contributed by atoms with Crippen molar-refractivity contribution >= 4 is 26.5 Å². The largest absolute Gasteiger partial charge is 0.337 e. The van der Waals surface area contributed by atoms with Crippen molar-refractivity contribution < 1.29 is 17.6 Å². The van der Waals surface area contributed by atoms with Crippen molar-refractivity contribution in [1.82, 2.24) is 4.90 Å². The summed E-state index contributed by atoms with van der Waals surface area (Å²) >= 11 is 0. The fraction of sp³-hybridized carbons (Fsp3) is 0.353. The van der Waals surface area contributed by atoms with Gasteiger partial charge in [-0.15, -0.1) is 0 Å². The molecule has 1 amide bonds. The SMILES string of the molecule is CS(=O)(=O)C1CCCN(C(=O)c2ccc(F)c3ccccc23)C1. The van der Waals surface area contributed by atoms with E-state index in [0.717, 1.165) is 0 Å². The molecule has 1 fully saturated rings. The highest BCUT2D eigenvalue weighted by molar-refractivity contribution is 7.91. The molecule has 23 heavy (non-hydrogen) atoms. The normalized spacial score (nSPS) is 19.0. The van der Waals surface area contributed by atoms with Gasteiger partial charge in [-0.2, -0.15) is 0 Å². The van der Waals surface area contributed by atoms with Crippen molar-refractivity contribution in [2.45, 2.75) is 18.1 Å². The Labute approximate surface area is 134 Å². The molecule has 0 N–H and O–H groups in total. The fourth-order valence-corrected chi connectivity index (χ4v) is 4.14. The molecule has 0 radical (unpaired) electrons. The minimum absolute atomic E-state index is 0.198. The lowest BCUT2D eigenvalue weighted by molar-refractivity contribution is 0.0729. The van der Waals surface area contributed by atoms with Crippen molar-refractivity contribution in [2.75, 3.05) is 19.3 Å². The molecule has 0 aliphatic carbocycles. The summed E-state index contributed by atoms with van der Waals surface area (Å²) < 4.78 is 37.4. The topological polar surface area (TPSA) is 54.5 Å². The number of piperidine rings is 1. The Bertz CT molecular complexity index is 863. The minimum Gasteiger partial charge on any atom is -0.337 e. The summed E-state index contributed by atoms with van der Waals surface area (Å²) in [5.41, 5.74) is 0.413. The molecule has 1 aliphatic rings. The molecule has 1 saturated heterocycles. The highest BCUT2D eigenvalue weighted by Crippen LogP contribution is 2.25. The van der Waals surface area contributed by atoms with Crippen LogP contribution >= 0.6 is 0 Å². The predicted octanol–water partition coefficient (Wildman–Crippen LogP) is 2.63. The summed E-state index contributed by atoms with van der Waals surface area (Å²) in [4.78, 5) is 14.4. The number of benzene rings is 2. The maximum Gasteiger partial charge on any atom is 0.254 e. The van der Waals surface area contributed by atoms with Crippen LogP contribution in [-0.4, -0.2) is 43.8 Å². The first-order valence-corrected chi connectivity index (χ1v) is 9.49. The average Bonchev–Trinajstić information content (AvgIpc) is 2.54. The number of hydrogen-bond donors (Lipinski definition) is 0. The molecule has 3 rings (SSSR count). The molecule has 1 atom stereocenters. The van der Waals surface area contributed by atoms with Crippen LogP contribution in [0.4, 0.5) is 4.39 Å². The van der Waals surface area contributed by atoms with Gasteiger partial charge in [0, 0.05) is 30.3 Å². The third-order valence-electron chi connectivity index (χ3n) is 4.37. The Morgan fingerprint density at radius 2 is 1.87 bits per heavy atom. The second-order valence-electron chi connectivity index (χ2n) is 5.99. The number of sulfone groups is 1. The fourth-order valence-electron chi connectivity index (χ4n) is 3.09. The highest BCUT2D eigenvalue weighted by atomic mass is 32.2. The Balaban J connectivity index is 1.96.